The summed E-state index contributed by atoms with van der Waals surface area (Å²) in [4.78, 5) is 29.5. The van der Waals surface area contributed by atoms with Crippen LogP contribution in [0, 0.1) is 11.8 Å². The monoisotopic (exact) mass is 278 g/mol. The van der Waals surface area contributed by atoms with Crippen molar-refractivity contribution in [1.82, 2.24) is 4.98 Å². The number of amides is 1. The van der Waals surface area contributed by atoms with E-state index in [-0.39, 0.29) is 5.91 Å². The molecule has 2 fully saturated rings. The Kier molecular flexibility index (Phi) is 2.01. The molecular formula is C12H10N2O4S. The smallest absolute Gasteiger partial charge is 0.310 e. The van der Waals surface area contributed by atoms with Crippen LogP contribution >= 0.6 is 11.3 Å². The summed E-state index contributed by atoms with van der Waals surface area (Å²) in [6, 6.07) is 0. The van der Waals surface area contributed by atoms with Crippen molar-refractivity contribution in [2.75, 3.05) is 11.4 Å². The number of carboxylic acids is 1. The molecule has 4 rings (SSSR count). The fraction of sp³-hybridized carbons (Fsp3) is 0.417. The SMILES string of the molecule is O=C(O)[C@@H]1[C@H]2C(=O)N(c3nccs3)C[C@]23C=C[C@H]1O3. The van der Waals surface area contributed by atoms with E-state index < -0.39 is 29.5 Å². The molecule has 1 aromatic rings. The molecule has 98 valence electrons. The van der Waals surface area contributed by atoms with Gasteiger partial charge in [0.15, 0.2) is 5.13 Å². The Hall–Kier alpha value is -1.73. The lowest BCUT2D eigenvalue weighted by Crippen LogP contribution is -2.39. The van der Waals surface area contributed by atoms with Crippen LogP contribution in [0.25, 0.3) is 0 Å². The summed E-state index contributed by atoms with van der Waals surface area (Å²) in [5.41, 5.74) is -0.781. The van der Waals surface area contributed by atoms with Crippen LogP contribution in [0.3, 0.4) is 0 Å². The highest BCUT2D eigenvalue weighted by molar-refractivity contribution is 7.13. The molecule has 3 aliphatic heterocycles. The second-order valence-corrected chi connectivity index (χ2v) is 5.85. The predicted molar refractivity (Wildman–Crippen MR) is 65.8 cm³/mol. The number of aliphatic carboxylic acids is 1. The number of rotatable bonds is 2. The highest BCUT2D eigenvalue weighted by Gasteiger charge is 2.67. The van der Waals surface area contributed by atoms with Gasteiger partial charge in [-0.15, -0.1) is 11.3 Å². The molecule has 0 aliphatic carbocycles. The molecule has 1 amide bonds. The first-order valence-corrected chi connectivity index (χ1v) is 6.81. The summed E-state index contributed by atoms with van der Waals surface area (Å²) in [5, 5.41) is 11.7. The van der Waals surface area contributed by atoms with Crippen LogP contribution in [0.15, 0.2) is 23.7 Å². The molecular weight excluding hydrogens is 268 g/mol. The zero-order chi connectivity index (χ0) is 13.2. The second kappa shape index (κ2) is 3.43. The fourth-order valence-corrected chi connectivity index (χ4v) is 3.94. The van der Waals surface area contributed by atoms with Crippen LogP contribution in [0.1, 0.15) is 0 Å². The predicted octanol–water partition coefficient (Wildman–Crippen LogP) is 0.514. The average Bonchev–Trinajstić information content (AvgIpc) is 3.09. The van der Waals surface area contributed by atoms with Crippen molar-refractivity contribution in [3.8, 4) is 0 Å². The van der Waals surface area contributed by atoms with Gasteiger partial charge in [0.05, 0.1) is 18.6 Å². The molecule has 2 saturated heterocycles. The minimum absolute atomic E-state index is 0.200. The topological polar surface area (TPSA) is 79.7 Å². The Bertz CT molecular complexity index is 599. The third-order valence-corrected chi connectivity index (χ3v) is 4.83. The Morgan fingerprint density at radius 2 is 2.47 bits per heavy atom. The third kappa shape index (κ3) is 1.26. The molecule has 3 aliphatic rings. The first-order valence-electron chi connectivity index (χ1n) is 5.93. The average molecular weight is 278 g/mol. The van der Waals surface area contributed by atoms with Crippen LogP contribution in [0.4, 0.5) is 5.13 Å². The van der Waals surface area contributed by atoms with Gasteiger partial charge >= 0.3 is 5.97 Å². The minimum atomic E-state index is -0.976. The van der Waals surface area contributed by atoms with Gasteiger partial charge in [-0.25, -0.2) is 4.98 Å². The van der Waals surface area contributed by atoms with E-state index in [0.717, 1.165) is 0 Å². The molecule has 7 heteroatoms. The van der Waals surface area contributed by atoms with E-state index >= 15 is 0 Å². The normalized spacial score (nSPS) is 39.1. The van der Waals surface area contributed by atoms with Crippen molar-refractivity contribution < 1.29 is 19.4 Å². The highest BCUT2D eigenvalue weighted by Crippen LogP contribution is 2.52. The van der Waals surface area contributed by atoms with E-state index in [1.54, 1.807) is 17.7 Å². The molecule has 4 heterocycles. The molecule has 19 heavy (non-hydrogen) atoms. The van der Waals surface area contributed by atoms with E-state index in [1.165, 1.54) is 16.2 Å². The van der Waals surface area contributed by atoms with Crippen LogP contribution < -0.4 is 4.90 Å². The molecule has 4 atom stereocenters. The number of carbonyl (C=O) groups is 2. The lowest BCUT2D eigenvalue weighted by Gasteiger charge is -2.21. The van der Waals surface area contributed by atoms with E-state index in [1.807, 2.05) is 6.08 Å². The molecule has 1 N–H and O–H groups in total. The first kappa shape index (κ1) is 11.1. The van der Waals surface area contributed by atoms with Crippen LogP contribution in [-0.2, 0) is 14.3 Å². The Morgan fingerprint density at radius 3 is 3.16 bits per heavy atom. The molecule has 0 saturated carbocycles. The number of carbonyl (C=O) groups excluding carboxylic acids is 1. The Morgan fingerprint density at radius 1 is 1.63 bits per heavy atom. The van der Waals surface area contributed by atoms with Gasteiger partial charge in [-0.05, 0) is 0 Å². The molecule has 0 unspecified atom stereocenters. The standard InChI is InChI=1S/C12H10N2O4S/c15-9-8-7(10(16)17)6-1-2-12(8,18-6)5-14(9)11-13-3-4-19-11/h1-4,6-8H,5H2,(H,16,17)/t6-,7+,8+,12-/m1/s1. The molecule has 0 aromatic carbocycles. The van der Waals surface area contributed by atoms with Gasteiger partial charge in [0.1, 0.15) is 11.5 Å². The summed E-state index contributed by atoms with van der Waals surface area (Å²) in [5.74, 6) is -2.60. The number of fused-ring (bicyclic) bond motifs is 1. The van der Waals surface area contributed by atoms with Gasteiger partial charge in [-0.2, -0.15) is 0 Å². The number of nitrogens with zero attached hydrogens (tertiary/aromatic N) is 2. The van der Waals surface area contributed by atoms with Crippen molar-refractivity contribution in [3.05, 3.63) is 23.7 Å². The maximum atomic E-state index is 12.5. The van der Waals surface area contributed by atoms with Crippen molar-refractivity contribution in [3.63, 3.8) is 0 Å². The van der Waals surface area contributed by atoms with Gasteiger partial charge in [0.2, 0.25) is 5.91 Å². The maximum absolute atomic E-state index is 12.5. The van der Waals surface area contributed by atoms with Gasteiger partial charge in [-0.3, -0.25) is 14.5 Å². The van der Waals surface area contributed by atoms with Crippen molar-refractivity contribution in [1.29, 1.82) is 0 Å². The van der Waals surface area contributed by atoms with Crippen molar-refractivity contribution >= 4 is 28.3 Å². The number of ether oxygens (including phenoxy) is 1. The van der Waals surface area contributed by atoms with E-state index in [2.05, 4.69) is 4.98 Å². The van der Waals surface area contributed by atoms with Crippen molar-refractivity contribution in [2.24, 2.45) is 11.8 Å². The largest absolute Gasteiger partial charge is 0.481 e. The summed E-state index contributed by atoms with van der Waals surface area (Å²) >= 11 is 1.36. The maximum Gasteiger partial charge on any atom is 0.310 e. The number of hydrogen-bond acceptors (Lipinski definition) is 5. The molecule has 0 radical (unpaired) electrons. The number of anilines is 1. The quantitative estimate of drug-likeness (QED) is 0.797. The molecule has 1 spiro atoms. The van der Waals surface area contributed by atoms with Gasteiger partial charge in [0, 0.05) is 11.6 Å². The Labute approximate surface area is 112 Å². The lowest BCUT2D eigenvalue weighted by molar-refractivity contribution is -0.146. The minimum Gasteiger partial charge on any atom is -0.481 e. The second-order valence-electron chi connectivity index (χ2n) is 4.98. The number of hydrogen-bond donors (Lipinski definition) is 1. The summed E-state index contributed by atoms with van der Waals surface area (Å²) in [6.45, 7) is 0.348. The number of carboxylic acid groups (broad SMARTS) is 1. The molecule has 2 bridgehead atoms. The lowest BCUT2D eigenvalue weighted by atomic mass is 9.77. The fourth-order valence-electron chi connectivity index (χ4n) is 3.29. The van der Waals surface area contributed by atoms with E-state index in [0.29, 0.717) is 11.7 Å². The number of aromatic nitrogens is 1. The summed E-state index contributed by atoms with van der Waals surface area (Å²) in [7, 11) is 0. The summed E-state index contributed by atoms with van der Waals surface area (Å²) in [6.07, 6.45) is 4.74. The van der Waals surface area contributed by atoms with Crippen LogP contribution in [0.2, 0.25) is 0 Å². The van der Waals surface area contributed by atoms with Crippen LogP contribution in [0.5, 0.6) is 0 Å². The highest BCUT2D eigenvalue weighted by atomic mass is 32.1. The van der Waals surface area contributed by atoms with Crippen molar-refractivity contribution in [2.45, 2.75) is 11.7 Å². The zero-order valence-electron chi connectivity index (χ0n) is 9.72. The van der Waals surface area contributed by atoms with Gasteiger partial charge < -0.3 is 9.84 Å². The van der Waals surface area contributed by atoms with Gasteiger partial charge in [0.25, 0.3) is 0 Å². The van der Waals surface area contributed by atoms with Gasteiger partial charge in [-0.1, -0.05) is 12.2 Å². The number of thiazole rings is 1. The molecule has 6 nitrogen and oxygen atoms in total. The molecule has 1 aromatic heterocycles. The third-order valence-electron chi connectivity index (χ3n) is 4.04. The zero-order valence-corrected chi connectivity index (χ0v) is 10.5. The Balaban J connectivity index is 1.77. The summed E-state index contributed by atoms with van der Waals surface area (Å²) < 4.78 is 5.78. The first-order chi connectivity index (χ1) is 9.12. The van der Waals surface area contributed by atoms with E-state index in [9.17, 15) is 14.7 Å². The van der Waals surface area contributed by atoms with Crippen LogP contribution in [-0.4, -0.2) is 40.2 Å². The van der Waals surface area contributed by atoms with E-state index in [4.69, 9.17) is 4.74 Å².